The average Bonchev–Trinajstić information content (AvgIpc) is 2.66. The Balaban J connectivity index is 1.68. The summed E-state index contributed by atoms with van der Waals surface area (Å²) in [5.41, 5.74) is 2.07. The molecule has 3 rings (SSSR count). The Morgan fingerprint density at radius 1 is 1.23 bits per heavy atom. The summed E-state index contributed by atoms with van der Waals surface area (Å²) in [5, 5.41) is 3.19. The maximum absolute atomic E-state index is 12.1. The number of amides is 1. The van der Waals surface area contributed by atoms with Gasteiger partial charge in [0.1, 0.15) is 12.4 Å². The highest BCUT2D eigenvalue weighted by Gasteiger charge is 2.28. The number of benzene rings is 2. The van der Waals surface area contributed by atoms with Crippen LogP contribution in [0.1, 0.15) is 17.5 Å². The molecule has 0 aromatic heterocycles. The number of hydrogen-bond acceptors (Lipinski definition) is 5. The second-order valence-electron chi connectivity index (χ2n) is 5.75. The van der Waals surface area contributed by atoms with Crippen LogP contribution in [0.2, 0.25) is 5.02 Å². The predicted molar refractivity (Wildman–Crippen MR) is 96.5 cm³/mol. The van der Waals surface area contributed by atoms with Crippen LogP contribution in [0, 0.1) is 0 Å². The van der Waals surface area contributed by atoms with Gasteiger partial charge in [0.25, 0.3) is 0 Å². The van der Waals surface area contributed by atoms with Gasteiger partial charge in [-0.05, 0) is 30.5 Å². The van der Waals surface area contributed by atoms with Crippen LogP contribution in [0.3, 0.4) is 0 Å². The number of ether oxygens (including phenoxy) is 3. The lowest BCUT2D eigenvalue weighted by Gasteiger charge is -2.26. The maximum Gasteiger partial charge on any atom is 0.412 e. The van der Waals surface area contributed by atoms with Gasteiger partial charge >= 0.3 is 12.1 Å². The van der Waals surface area contributed by atoms with Crippen molar-refractivity contribution in [2.75, 3.05) is 12.4 Å². The van der Waals surface area contributed by atoms with E-state index in [0.29, 0.717) is 34.9 Å². The molecule has 1 unspecified atom stereocenters. The van der Waals surface area contributed by atoms with Gasteiger partial charge in [0.2, 0.25) is 0 Å². The third-order valence-electron chi connectivity index (χ3n) is 4.05. The number of anilines is 1. The van der Waals surface area contributed by atoms with Gasteiger partial charge in [0.05, 0.1) is 12.8 Å². The van der Waals surface area contributed by atoms with Gasteiger partial charge in [0, 0.05) is 10.6 Å². The van der Waals surface area contributed by atoms with Crippen LogP contribution in [-0.2, 0) is 27.3 Å². The van der Waals surface area contributed by atoms with E-state index in [1.807, 2.05) is 18.2 Å². The van der Waals surface area contributed by atoms with Crippen LogP contribution in [0.25, 0.3) is 0 Å². The molecule has 7 heteroatoms. The summed E-state index contributed by atoms with van der Waals surface area (Å²) in [5.74, 6) is 0.0237. The second-order valence-corrected chi connectivity index (χ2v) is 6.16. The molecular weight excluding hydrogens is 358 g/mol. The molecule has 0 saturated carbocycles. The summed E-state index contributed by atoms with van der Waals surface area (Å²) in [6.45, 7) is 0.0478. The first-order chi connectivity index (χ1) is 12.6. The zero-order chi connectivity index (χ0) is 18.5. The highest BCUT2D eigenvalue weighted by Crippen LogP contribution is 2.35. The van der Waals surface area contributed by atoms with E-state index < -0.39 is 18.2 Å². The van der Waals surface area contributed by atoms with Crippen LogP contribution < -0.4 is 10.1 Å². The van der Waals surface area contributed by atoms with E-state index in [1.165, 1.54) is 7.11 Å². The summed E-state index contributed by atoms with van der Waals surface area (Å²) < 4.78 is 15.7. The number of esters is 1. The van der Waals surface area contributed by atoms with Gasteiger partial charge in [-0.15, -0.1) is 0 Å². The van der Waals surface area contributed by atoms with E-state index in [-0.39, 0.29) is 6.61 Å². The lowest BCUT2D eigenvalue weighted by Crippen LogP contribution is -2.32. The number of nitrogens with one attached hydrogen (secondary N) is 1. The second kappa shape index (κ2) is 8.10. The summed E-state index contributed by atoms with van der Waals surface area (Å²) in [7, 11) is 1.32. The van der Waals surface area contributed by atoms with Gasteiger partial charge < -0.3 is 14.2 Å². The van der Waals surface area contributed by atoms with E-state index in [1.54, 1.807) is 24.3 Å². The quantitative estimate of drug-likeness (QED) is 0.819. The molecule has 0 bridgehead atoms. The lowest BCUT2D eigenvalue weighted by molar-refractivity contribution is -0.149. The van der Waals surface area contributed by atoms with E-state index in [2.05, 4.69) is 5.32 Å². The Kier molecular flexibility index (Phi) is 5.63. The van der Waals surface area contributed by atoms with Crippen LogP contribution >= 0.6 is 11.6 Å². The van der Waals surface area contributed by atoms with E-state index in [0.717, 1.165) is 5.56 Å². The number of rotatable bonds is 4. The fraction of sp³-hybridized carbons (Fsp3) is 0.263. The van der Waals surface area contributed by atoms with Crippen molar-refractivity contribution < 1.29 is 23.8 Å². The van der Waals surface area contributed by atoms with E-state index in [4.69, 9.17) is 25.8 Å². The maximum atomic E-state index is 12.1. The number of aryl methyl sites for hydroxylation is 1. The normalized spacial score (nSPS) is 15.4. The smallest absolute Gasteiger partial charge is 0.412 e. The summed E-state index contributed by atoms with van der Waals surface area (Å²) >= 11 is 6.05. The molecular formula is C19H18ClNO5. The van der Waals surface area contributed by atoms with Gasteiger partial charge in [-0.2, -0.15) is 0 Å². The number of hydrogen-bond donors (Lipinski definition) is 1. The molecule has 2 aromatic rings. The van der Waals surface area contributed by atoms with E-state index >= 15 is 0 Å². The molecule has 1 aliphatic heterocycles. The van der Waals surface area contributed by atoms with Crippen molar-refractivity contribution in [3.8, 4) is 5.75 Å². The molecule has 0 spiro atoms. The summed E-state index contributed by atoms with van der Waals surface area (Å²) in [6.07, 6.45) is -0.143. The van der Waals surface area contributed by atoms with Crippen LogP contribution in [0.5, 0.6) is 5.75 Å². The van der Waals surface area contributed by atoms with Crippen molar-refractivity contribution in [3.63, 3.8) is 0 Å². The van der Waals surface area contributed by atoms with Gasteiger partial charge in [0.15, 0.2) is 6.10 Å². The largest absolute Gasteiger partial charge is 0.476 e. The molecule has 1 aliphatic rings. The first-order valence-corrected chi connectivity index (χ1v) is 8.50. The van der Waals surface area contributed by atoms with Gasteiger partial charge in [-0.25, -0.2) is 9.59 Å². The summed E-state index contributed by atoms with van der Waals surface area (Å²) in [4.78, 5) is 23.9. The van der Waals surface area contributed by atoms with Crippen LogP contribution in [-0.4, -0.2) is 25.3 Å². The molecule has 1 heterocycles. The minimum Gasteiger partial charge on any atom is -0.476 e. The Morgan fingerprint density at radius 3 is 2.81 bits per heavy atom. The lowest BCUT2D eigenvalue weighted by atomic mass is 10.0. The Labute approximate surface area is 156 Å². The molecule has 1 amide bonds. The number of carbonyl (C=O) groups excluding carboxylic acids is 2. The molecule has 6 nitrogen and oxygen atoms in total. The van der Waals surface area contributed by atoms with Crippen molar-refractivity contribution in [1.82, 2.24) is 0 Å². The average molecular weight is 376 g/mol. The molecule has 1 N–H and O–H groups in total. The van der Waals surface area contributed by atoms with Crippen molar-refractivity contribution in [2.45, 2.75) is 25.6 Å². The molecule has 26 heavy (non-hydrogen) atoms. The van der Waals surface area contributed by atoms with Gasteiger partial charge in [-0.3, -0.25) is 5.32 Å². The molecule has 0 radical (unpaired) electrons. The summed E-state index contributed by atoms with van der Waals surface area (Å²) in [6, 6.07) is 12.5. The minimum atomic E-state index is -0.686. The topological polar surface area (TPSA) is 73.9 Å². The van der Waals surface area contributed by atoms with Crippen LogP contribution in [0.4, 0.5) is 10.5 Å². The first kappa shape index (κ1) is 18.1. The standard InChI is InChI=1S/C19H18ClNO5/c1-24-18(22)16-10-9-12-6-4-8-15(17(12)26-16)21-19(23)25-11-13-5-2-3-7-14(13)20/h2-8,16H,9-11H2,1H3,(H,21,23). The van der Waals surface area contributed by atoms with Crippen molar-refractivity contribution in [1.29, 1.82) is 0 Å². The SMILES string of the molecule is COC(=O)C1CCc2cccc(NC(=O)OCc3ccccc3Cl)c2O1. The van der Waals surface area contributed by atoms with Gasteiger partial charge in [-0.1, -0.05) is 41.9 Å². The Morgan fingerprint density at radius 2 is 2.04 bits per heavy atom. The molecule has 136 valence electrons. The third-order valence-corrected chi connectivity index (χ3v) is 4.42. The fourth-order valence-corrected chi connectivity index (χ4v) is 2.90. The predicted octanol–water partition coefficient (Wildman–Crippen LogP) is 3.96. The molecule has 0 saturated heterocycles. The van der Waals surface area contributed by atoms with Crippen molar-refractivity contribution in [2.24, 2.45) is 0 Å². The van der Waals surface area contributed by atoms with E-state index in [9.17, 15) is 9.59 Å². The number of fused-ring (bicyclic) bond motifs is 1. The molecule has 0 aliphatic carbocycles. The highest BCUT2D eigenvalue weighted by atomic mass is 35.5. The monoisotopic (exact) mass is 375 g/mol. The van der Waals surface area contributed by atoms with Crippen molar-refractivity contribution in [3.05, 3.63) is 58.6 Å². The van der Waals surface area contributed by atoms with Crippen molar-refractivity contribution >= 4 is 29.4 Å². The third kappa shape index (κ3) is 4.08. The Hall–Kier alpha value is -2.73. The zero-order valence-electron chi connectivity index (χ0n) is 14.2. The molecule has 1 atom stereocenters. The fourth-order valence-electron chi connectivity index (χ4n) is 2.71. The number of para-hydroxylation sites is 1. The van der Waals surface area contributed by atoms with Crippen LogP contribution in [0.15, 0.2) is 42.5 Å². The minimum absolute atomic E-state index is 0.0478. The number of carbonyl (C=O) groups is 2. The number of halogens is 1. The molecule has 2 aromatic carbocycles. The molecule has 0 fully saturated rings. The number of methoxy groups -OCH3 is 1. The Bertz CT molecular complexity index is 823. The zero-order valence-corrected chi connectivity index (χ0v) is 14.9. The first-order valence-electron chi connectivity index (χ1n) is 8.12. The highest BCUT2D eigenvalue weighted by molar-refractivity contribution is 6.31.